The molecule has 0 amide bonds. The van der Waals surface area contributed by atoms with Gasteiger partial charge in [0, 0.05) is 23.5 Å². The van der Waals surface area contributed by atoms with Crippen molar-refractivity contribution in [2.75, 3.05) is 0 Å². The minimum atomic E-state index is -1.17. The average Bonchev–Trinajstić information content (AvgIpc) is 1.82. The van der Waals surface area contributed by atoms with Gasteiger partial charge < -0.3 is 15.9 Å². The molecule has 0 fully saturated rings. The molecule has 0 unspecified atom stereocenters. The molecule has 5 nitrogen and oxygen atoms in total. The van der Waals surface area contributed by atoms with Crippen molar-refractivity contribution < 1.29 is 36.9 Å². The van der Waals surface area contributed by atoms with Crippen molar-refractivity contribution in [2.24, 2.45) is 5.73 Å². The Balaban J connectivity index is -0.000000405. The van der Waals surface area contributed by atoms with Crippen LogP contribution in [-0.4, -0.2) is 57.8 Å². The van der Waals surface area contributed by atoms with E-state index in [0.717, 1.165) is 0 Å². The van der Waals surface area contributed by atoms with E-state index in [2.05, 4.69) is 0 Å². The molecule has 68 valence electrons. The molecule has 0 aromatic rings. The minimum absolute atomic E-state index is 0. The SMILES string of the molecule is N[C@@H](CCC(=O)O)C(=O)O.[Fe].[NaH]. The van der Waals surface area contributed by atoms with Crippen LogP contribution in [0.2, 0.25) is 0 Å². The monoisotopic (exact) mass is 227 g/mol. The van der Waals surface area contributed by atoms with E-state index < -0.39 is 18.0 Å². The fraction of sp³-hybridized carbons (Fsp3) is 0.600. The molecule has 0 aromatic carbocycles. The quantitative estimate of drug-likeness (QED) is 0.513. The fourth-order valence-electron chi connectivity index (χ4n) is 0.402. The molecule has 1 atom stereocenters. The Hall–Kier alpha value is 0.419. The maximum absolute atomic E-state index is 9.99. The summed E-state index contributed by atoms with van der Waals surface area (Å²) in [6.07, 6.45) is -0.224. The number of carboxylic acids is 2. The van der Waals surface area contributed by atoms with Crippen LogP contribution in [0, 0.1) is 0 Å². The molecule has 0 bridgehead atoms. The number of nitrogens with two attached hydrogens (primary N) is 1. The maximum atomic E-state index is 9.99. The second-order valence-electron chi connectivity index (χ2n) is 1.88. The van der Waals surface area contributed by atoms with Gasteiger partial charge in [-0.05, 0) is 6.42 Å². The van der Waals surface area contributed by atoms with Gasteiger partial charge in [-0.15, -0.1) is 0 Å². The number of hydrogen-bond acceptors (Lipinski definition) is 3. The molecule has 7 heteroatoms. The summed E-state index contributed by atoms with van der Waals surface area (Å²) >= 11 is 0. The van der Waals surface area contributed by atoms with Gasteiger partial charge in [0.25, 0.3) is 0 Å². The molecule has 0 saturated carbocycles. The summed E-state index contributed by atoms with van der Waals surface area (Å²) in [7, 11) is 0. The van der Waals surface area contributed by atoms with Gasteiger partial charge in [-0.1, -0.05) is 0 Å². The molecule has 0 radical (unpaired) electrons. The van der Waals surface area contributed by atoms with Crippen LogP contribution in [0.4, 0.5) is 0 Å². The summed E-state index contributed by atoms with van der Waals surface area (Å²) in [5, 5.41) is 16.3. The predicted molar refractivity (Wildman–Crippen MR) is 39.6 cm³/mol. The van der Waals surface area contributed by atoms with Gasteiger partial charge in [0.2, 0.25) is 0 Å². The molecule has 0 rings (SSSR count). The van der Waals surface area contributed by atoms with Crippen LogP contribution < -0.4 is 5.73 Å². The van der Waals surface area contributed by atoms with Gasteiger partial charge in [-0.3, -0.25) is 9.59 Å². The molecule has 0 spiro atoms. The molecule has 4 N–H and O–H groups in total. The third-order valence-corrected chi connectivity index (χ3v) is 0.986. The summed E-state index contributed by atoms with van der Waals surface area (Å²) in [5.41, 5.74) is 5.00. The van der Waals surface area contributed by atoms with E-state index in [4.69, 9.17) is 15.9 Å². The van der Waals surface area contributed by atoms with Gasteiger partial charge in [0.05, 0.1) is 0 Å². The first-order valence-corrected chi connectivity index (χ1v) is 2.74. The zero-order valence-corrected chi connectivity index (χ0v) is 6.74. The second-order valence-corrected chi connectivity index (χ2v) is 1.88. The van der Waals surface area contributed by atoms with Crippen LogP contribution in [-0.2, 0) is 26.7 Å². The number of aliphatic carboxylic acids is 2. The average molecular weight is 227 g/mol. The van der Waals surface area contributed by atoms with Gasteiger partial charge in [-0.2, -0.15) is 0 Å². The van der Waals surface area contributed by atoms with Crippen molar-refractivity contribution in [3.8, 4) is 0 Å². The van der Waals surface area contributed by atoms with Crippen LogP contribution in [0.5, 0.6) is 0 Å². The van der Waals surface area contributed by atoms with E-state index in [1.54, 1.807) is 0 Å². The van der Waals surface area contributed by atoms with E-state index in [1.165, 1.54) is 0 Å². The molecule has 0 aliphatic heterocycles. The summed E-state index contributed by atoms with van der Waals surface area (Å²) in [6, 6.07) is -1.06. The summed E-state index contributed by atoms with van der Waals surface area (Å²) in [5.74, 6) is -2.20. The predicted octanol–water partition coefficient (Wildman–Crippen LogP) is -1.39. The Morgan fingerprint density at radius 2 is 1.75 bits per heavy atom. The van der Waals surface area contributed by atoms with Crippen molar-refractivity contribution >= 4 is 41.5 Å². The molecular formula is C5H10FeNNaO4. The molecular weight excluding hydrogens is 217 g/mol. The molecule has 0 aliphatic carbocycles. The number of hydrogen-bond donors (Lipinski definition) is 3. The van der Waals surface area contributed by atoms with Gasteiger partial charge >= 0.3 is 41.5 Å². The van der Waals surface area contributed by atoms with Crippen LogP contribution in [0.15, 0.2) is 0 Å². The number of rotatable bonds is 4. The Morgan fingerprint density at radius 3 is 2.00 bits per heavy atom. The first kappa shape index (κ1) is 18.3. The Labute approximate surface area is 102 Å². The fourth-order valence-corrected chi connectivity index (χ4v) is 0.402. The van der Waals surface area contributed by atoms with E-state index in [-0.39, 0.29) is 59.5 Å². The van der Waals surface area contributed by atoms with Crippen LogP contribution in [0.25, 0.3) is 0 Å². The standard InChI is InChI=1S/C5H9NO4.Fe.Na.H/c6-3(5(9)10)1-2-4(7)8;;;/h3H,1-2,6H2,(H,7,8)(H,9,10);;;/t3-;;;/m0.../s1. The van der Waals surface area contributed by atoms with E-state index in [0.29, 0.717) is 0 Å². The Bertz CT molecular complexity index is 154. The van der Waals surface area contributed by atoms with Crippen molar-refractivity contribution in [1.82, 2.24) is 0 Å². The van der Waals surface area contributed by atoms with Gasteiger partial charge in [0.15, 0.2) is 0 Å². The van der Waals surface area contributed by atoms with Crippen molar-refractivity contribution in [3.05, 3.63) is 0 Å². The van der Waals surface area contributed by atoms with Gasteiger partial charge in [0.1, 0.15) is 6.04 Å². The van der Waals surface area contributed by atoms with Crippen molar-refractivity contribution in [1.29, 1.82) is 0 Å². The third-order valence-electron chi connectivity index (χ3n) is 0.986. The zero-order valence-electron chi connectivity index (χ0n) is 5.63. The van der Waals surface area contributed by atoms with Crippen LogP contribution >= 0.6 is 0 Å². The van der Waals surface area contributed by atoms with E-state index >= 15 is 0 Å². The first-order valence-electron chi connectivity index (χ1n) is 2.74. The molecule has 0 saturated heterocycles. The van der Waals surface area contributed by atoms with Crippen LogP contribution in [0.3, 0.4) is 0 Å². The van der Waals surface area contributed by atoms with Crippen LogP contribution in [0.1, 0.15) is 12.8 Å². The van der Waals surface area contributed by atoms with E-state index in [9.17, 15) is 9.59 Å². The third kappa shape index (κ3) is 10.4. The van der Waals surface area contributed by atoms with Crippen molar-refractivity contribution in [3.63, 3.8) is 0 Å². The molecule has 0 aliphatic rings. The zero-order chi connectivity index (χ0) is 8.15. The number of carbonyl (C=O) groups is 2. The summed E-state index contributed by atoms with van der Waals surface area (Å²) in [4.78, 5) is 19.9. The summed E-state index contributed by atoms with van der Waals surface area (Å²) < 4.78 is 0. The topological polar surface area (TPSA) is 101 Å². The van der Waals surface area contributed by atoms with Crippen molar-refractivity contribution in [2.45, 2.75) is 18.9 Å². The normalized spacial score (nSPS) is 10.4. The first-order chi connectivity index (χ1) is 4.54. The molecule has 12 heavy (non-hydrogen) atoms. The Kier molecular flexibility index (Phi) is 14.5. The number of carboxylic acid groups (broad SMARTS) is 2. The second kappa shape index (κ2) is 9.51. The molecule has 0 aromatic heterocycles. The van der Waals surface area contributed by atoms with E-state index in [1.807, 2.05) is 0 Å². The van der Waals surface area contributed by atoms with Gasteiger partial charge in [-0.25, -0.2) is 0 Å². The summed E-state index contributed by atoms with van der Waals surface area (Å²) in [6.45, 7) is 0. The molecule has 0 heterocycles. The Morgan fingerprint density at radius 1 is 1.33 bits per heavy atom.